The first-order valence-electron chi connectivity index (χ1n) is 6.68. The van der Waals surface area contributed by atoms with Crippen molar-refractivity contribution in [1.29, 1.82) is 0 Å². The minimum Gasteiger partial charge on any atom is -0.348 e. The highest BCUT2D eigenvalue weighted by molar-refractivity contribution is 5.94. The fraction of sp³-hybridized carbons (Fsp3) is 0.250. The molecule has 2 rings (SSSR count). The molecule has 2 aromatic rings. The fourth-order valence-corrected chi connectivity index (χ4v) is 1.88. The van der Waals surface area contributed by atoms with Crippen LogP contribution in [0.1, 0.15) is 32.7 Å². The number of nitrogens with one attached hydrogen (secondary N) is 2. The Morgan fingerprint density at radius 1 is 1.43 bits per heavy atom. The molecule has 0 atom stereocenters. The van der Waals surface area contributed by atoms with Crippen molar-refractivity contribution in [3.8, 4) is 11.8 Å². The Kier molecular flexibility index (Phi) is 4.75. The Balaban J connectivity index is 2.10. The number of rotatable bonds is 3. The van der Waals surface area contributed by atoms with Crippen molar-refractivity contribution in [2.75, 3.05) is 6.54 Å². The van der Waals surface area contributed by atoms with Crippen molar-refractivity contribution >= 4 is 5.91 Å². The minimum absolute atomic E-state index is 0.133. The van der Waals surface area contributed by atoms with E-state index in [0.717, 1.165) is 22.4 Å². The lowest BCUT2D eigenvalue weighted by Gasteiger charge is -2.06. The van der Waals surface area contributed by atoms with Gasteiger partial charge in [0.25, 0.3) is 5.91 Å². The first-order valence-corrected chi connectivity index (χ1v) is 6.68. The zero-order chi connectivity index (χ0) is 15.2. The summed E-state index contributed by atoms with van der Waals surface area (Å²) in [6.07, 6.45) is 1.71. The van der Waals surface area contributed by atoms with Crippen LogP contribution < -0.4 is 11.1 Å². The quantitative estimate of drug-likeness (QED) is 0.741. The molecule has 1 aromatic heterocycles. The van der Waals surface area contributed by atoms with Gasteiger partial charge in [-0.15, -0.1) is 0 Å². The second-order valence-corrected chi connectivity index (χ2v) is 4.74. The van der Waals surface area contributed by atoms with Gasteiger partial charge in [-0.1, -0.05) is 17.9 Å². The van der Waals surface area contributed by atoms with Crippen LogP contribution in [-0.4, -0.2) is 22.6 Å². The number of amides is 1. The molecule has 5 nitrogen and oxygen atoms in total. The number of aromatic nitrogens is 2. The smallest absolute Gasteiger partial charge is 0.251 e. The molecular weight excluding hydrogens is 264 g/mol. The third kappa shape index (κ3) is 3.71. The van der Waals surface area contributed by atoms with Gasteiger partial charge in [-0.3, -0.25) is 9.89 Å². The van der Waals surface area contributed by atoms with E-state index in [-0.39, 0.29) is 5.91 Å². The molecule has 0 saturated heterocycles. The lowest BCUT2D eigenvalue weighted by Crippen LogP contribution is -2.23. The van der Waals surface area contributed by atoms with Crippen molar-refractivity contribution in [3.63, 3.8) is 0 Å². The van der Waals surface area contributed by atoms with E-state index in [1.807, 2.05) is 19.9 Å². The van der Waals surface area contributed by atoms with Crippen molar-refractivity contribution in [3.05, 3.63) is 52.3 Å². The van der Waals surface area contributed by atoms with E-state index in [1.165, 1.54) is 0 Å². The molecule has 1 amide bonds. The van der Waals surface area contributed by atoms with Crippen molar-refractivity contribution in [2.45, 2.75) is 20.4 Å². The van der Waals surface area contributed by atoms with Crippen LogP contribution in [0.5, 0.6) is 0 Å². The van der Waals surface area contributed by atoms with E-state index < -0.39 is 0 Å². The minimum atomic E-state index is -0.133. The van der Waals surface area contributed by atoms with Gasteiger partial charge >= 0.3 is 0 Å². The summed E-state index contributed by atoms with van der Waals surface area (Å²) < 4.78 is 0. The largest absolute Gasteiger partial charge is 0.348 e. The molecule has 0 radical (unpaired) electrons. The molecular formula is C16H18N4O. The average Bonchev–Trinajstić information content (AvgIpc) is 2.89. The molecule has 0 fully saturated rings. The predicted molar refractivity (Wildman–Crippen MR) is 81.6 cm³/mol. The Labute approximate surface area is 123 Å². The summed E-state index contributed by atoms with van der Waals surface area (Å²) in [5.41, 5.74) is 9.74. The Bertz CT molecular complexity index is 707. The Morgan fingerprint density at radius 2 is 2.24 bits per heavy atom. The van der Waals surface area contributed by atoms with E-state index in [2.05, 4.69) is 27.4 Å². The maximum Gasteiger partial charge on any atom is 0.251 e. The Hall–Kier alpha value is -2.58. The summed E-state index contributed by atoms with van der Waals surface area (Å²) in [4.78, 5) is 12.2. The van der Waals surface area contributed by atoms with Crippen LogP contribution in [0.4, 0.5) is 0 Å². The molecule has 0 aliphatic heterocycles. The van der Waals surface area contributed by atoms with Gasteiger partial charge in [0.15, 0.2) is 0 Å². The summed E-state index contributed by atoms with van der Waals surface area (Å²) in [5.74, 6) is 5.65. The molecule has 0 aliphatic rings. The summed E-state index contributed by atoms with van der Waals surface area (Å²) in [6, 6.07) is 5.47. The number of carbonyl (C=O) groups excluding carboxylic acids is 1. The number of H-pyrrole nitrogens is 1. The van der Waals surface area contributed by atoms with E-state index in [1.54, 1.807) is 18.3 Å². The van der Waals surface area contributed by atoms with Gasteiger partial charge in [0, 0.05) is 28.9 Å². The summed E-state index contributed by atoms with van der Waals surface area (Å²) in [7, 11) is 0. The van der Waals surface area contributed by atoms with Gasteiger partial charge in [0.05, 0.1) is 12.7 Å². The lowest BCUT2D eigenvalue weighted by molar-refractivity contribution is 0.0951. The highest BCUT2D eigenvalue weighted by Crippen LogP contribution is 2.11. The van der Waals surface area contributed by atoms with E-state index in [4.69, 9.17) is 5.73 Å². The molecule has 0 bridgehead atoms. The number of carbonyl (C=O) groups is 1. The second kappa shape index (κ2) is 6.73. The van der Waals surface area contributed by atoms with Crippen LogP contribution in [0, 0.1) is 25.7 Å². The summed E-state index contributed by atoms with van der Waals surface area (Å²) in [5, 5.41) is 9.64. The second-order valence-electron chi connectivity index (χ2n) is 4.74. The molecule has 21 heavy (non-hydrogen) atoms. The maximum absolute atomic E-state index is 12.2. The van der Waals surface area contributed by atoms with Crippen molar-refractivity contribution < 1.29 is 4.79 Å². The molecule has 5 heteroatoms. The van der Waals surface area contributed by atoms with Crippen molar-refractivity contribution in [1.82, 2.24) is 15.5 Å². The SMILES string of the molecule is Cc1ccc(C(=O)NCc2cn[nH]c2C)cc1C#CCN. The van der Waals surface area contributed by atoms with E-state index >= 15 is 0 Å². The monoisotopic (exact) mass is 282 g/mol. The molecule has 0 aliphatic carbocycles. The number of benzene rings is 1. The number of nitrogens with zero attached hydrogens (tertiary/aromatic N) is 1. The summed E-state index contributed by atoms with van der Waals surface area (Å²) >= 11 is 0. The Morgan fingerprint density at radius 3 is 2.90 bits per heavy atom. The molecule has 1 heterocycles. The van der Waals surface area contributed by atoms with E-state index in [0.29, 0.717) is 18.7 Å². The fourth-order valence-electron chi connectivity index (χ4n) is 1.88. The van der Waals surface area contributed by atoms with Crippen LogP contribution in [0.25, 0.3) is 0 Å². The molecule has 1 aromatic carbocycles. The molecule has 0 spiro atoms. The van der Waals surface area contributed by atoms with E-state index in [9.17, 15) is 4.79 Å². The average molecular weight is 282 g/mol. The van der Waals surface area contributed by atoms with Crippen LogP contribution in [0.2, 0.25) is 0 Å². The molecule has 0 saturated carbocycles. The highest BCUT2D eigenvalue weighted by Gasteiger charge is 2.08. The zero-order valence-corrected chi connectivity index (χ0v) is 12.2. The number of nitrogens with two attached hydrogens (primary N) is 1. The highest BCUT2D eigenvalue weighted by atomic mass is 16.1. The van der Waals surface area contributed by atoms with Gasteiger partial charge in [-0.25, -0.2) is 0 Å². The van der Waals surface area contributed by atoms with Gasteiger partial charge in [-0.2, -0.15) is 5.10 Å². The van der Waals surface area contributed by atoms with Crippen LogP contribution in [0.15, 0.2) is 24.4 Å². The van der Waals surface area contributed by atoms with Gasteiger partial charge in [0.1, 0.15) is 0 Å². The standard InChI is InChI=1S/C16H18N4O/c1-11-5-6-14(8-13(11)4-3-7-17)16(21)18-9-15-10-19-20-12(15)2/h5-6,8,10H,7,9,17H2,1-2H3,(H,18,21)(H,19,20). The molecule has 0 unspecified atom stereocenters. The zero-order valence-electron chi connectivity index (χ0n) is 12.2. The predicted octanol–water partition coefficient (Wildman–Crippen LogP) is 1.27. The third-order valence-corrected chi connectivity index (χ3v) is 3.20. The molecule has 108 valence electrons. The number of aryl methyl sites for hydroxylation is 2. The number of aromatic amines is 1. The molecule has 4 N–H and O–H groups in total. The van der Waals surface area contributed by atoms with Gasteiger partial charge in [-0.05, 0) is 31.5 Å². The summed E-state index contributed by atoms with van der Waals surface area (Å²) in [6.45, 7) is 4.62. The first-order chi connectivity index (χ1) is 10.1. The van der Waals surface area contributed by atoms with Crippen LogP contribution in [0.3, 0.4) is 0 Å². The van der Waals surface area contributed by atoms with Crippen molar-refractivity contribution in [2.24, 2.45) is 5.73 Å². The number of hydrogen-bond donors (Lipinski definition) is 3. The number of hydrogen-bond acceptors (Lipinski definition) is 3. The van der Waals surface area contributed by atoms with Crippen LogP contribution >= 0.6 is 0 Å². The first kappa shape index (κ1) is 14.8. The normalized spacial score (nSPS) is 9.86. The van der Waals surface area contributed by atoms with Gasteiger partial charge < -0.3 is 11.1 Å². The topological polar surface area (TPSA) is 83.8 Å². The maximum atomic E-state index is 12.2. The lowest BCUT2D eigenvalue weighted by atomic mass is 10.0. The van der Waals surface area contributed by atoms with Crippen LogP contribution in [-0.2, 0) is 6.54 Å². The third-order valence-electron chi connectivity index (χ3n) is 3.20. The van der Waals surface area contributed by atoms with Gasteiger partial charge in [0.2, 0.25) is 0 Å².